The Hall–Kier alpha value is -2.55. The predicted molar refractivity (Wildman–Crippen MR) is 167 cm³/mol. The summed E-state index contributed by atoms with van der Waals surface area (Å²) in [5.74, 6) is 0.289. The number of anilines is 1. The zero-order valence-corrected chi connectivity index (χ0v) is 26.7. The van der Waals surface area contributed by atoms with Gasteiger partial charge in [-0.05, 0) is 38.5 Å². The Morgan fingerprint density at radius 3 is 2.29 bits per heavy atom. The maximum Gasteiger partial charge on any atom is 0.338 e. The van der Waals surface area contributed by atoms with Gasteiger partial charge in [0.05, 0.1) is 36.8 Å². The van der Waals surface area contributed by atoms with Crippen LogP contribution in [0, 0.1) is 0 Å². The second-order valence-corrected chi connectivity index (χ2v) is 11.3. The number of ketones is 2. The molecule has 0 bridgehead atoms. The lowest BCUT2D eigenvalue weighted by Gasteiger charge is -2.33. The van der Waals surface area contributed by atoms with Crippen molar-refractivity contribution in [2.24, 2.45) is 0 Å². The van der Waals surface area contributed by atoms with Gasteiger partial charge in [-0.15, -0.1) is 23.2 Å². The number of nitrogens with zero attached hydrogens (tertiary/aromatic N) is 2. The van der Waals surface area contributed by atoms with Crippen molar-refractivity contribution in [2.75, 3.05) is 69.3 Å². The van der Waals surface area contributed by atoms with Gasteiger partial charge < -0.3 is 24.0 Å². The van der Waals surface area contributed by atoms with E-state index in [-0.39, 0.29) is 23.7 Å². The summed E-state index contributed by atoms with van der Waals surface area (Å²) >= 11 is 12.1. The van der Waals surface area contributed by atoms with Crippen LogP contribution in [0.1, 0.15) is 69.7 Å². The molecular formula is C32H44Cl2N2O6. The normalized spacial score (nSPS) is 15.9. The van der Waals surface area contributed by atoms with Gasteiger partial charge in [0, 0.05) is 54.7 Å². The minimum Gasteiger partial charge on any atom is -0.491 e. The highest BCUT2D eigenvalue weighted by Gasteiger charge is 2.34. The van der Waals surface area contributed by atoms with E-state index < -0.39 is 5.97 Å². The topological polar surface area (TPSA) is 85.4 Å². The van der Waals surface area contributed by atoms with Crippen LogP contribution in [0.25, 0.3) is 0 Å². The quantitative estimate of drug-likeness (QED) is 0.0913. The molecule has 1 aliphatic carbocycles. The third-order valence-corrected chi connectivity index (χ3v) is 7.99. The molecular weight excluding hydrogens is 579 g/mol. The van der Waals surface area contributed by atoms with Gasteiger partial charge >= 0.3 is 5.97 Å². The number of alkyl halides is 2. The highest BCUT2D eigenvalue weighted by Crippen LogP contribution is 2.32. The van der Waals surface area contributed by atoms with E-state index in [2.05, 4.69) is 6.92 Å². The summed E-state index contributed by atoms with van der Waals surface area (Å²) in [6.07, 6.45) is 6.81. The largest absolute Gasteiger partial charge is 0.491 e. The van der Waals surface area contributed by atoms with Crippen molar-refractivity contribution < 1.29 is 28.6 Å². The molecule has 232 valence electrons. The Morgan fingerprint density at radius 2 is 1.62 bits per heavy atom. The molecule has 0 amide bonds. The number of carbonyl (C=O) groups excluding carboxylic acids is 3. The number of Topliss-reactive ketones (excluding diaryl/α,β-unsaturated/α-hetero) is 2. The summed E-state index contributed by atoms with van der Waals surface area (Å²) < 4.78 is 17.2. The van der Waals surface area contributed by atoms with E-state index in [1.807, 2.05) is 15.9 Å². The van der Waals surface area contributed by atoms with Crippen LogP contribution in [0.2, 0.25) is 0 Å². The van der Waals surface area contributed by atoms with Gasteiger partial charge in [0.25, 0.3) is 0 Å². The number of halogens is 2. The van der Waals surface area contributed by atoms with E-state index in [0.29, 0.717) is 85.9 Å². The smallest absolute Gasteiger partial charge is 0.338 e. The average molecular weight is 624 g/mol. The summed E-state index contributed by atoms with van der Waals surface area (Å²) in [7, 11) is 0. The number of unbranched alkanes of at least 4 members (excludes halogenated alkanes) is 5. The fourth-order valence-electron chi connectivity index (χ4n) is 5.21. The molecule has 1 aromatic rings. The van der Waals surface area contributed by atoms with Crippen LogP contribution in [-0.4, -0.2) is 86.8 Å². The molecule has 8 nitrogen and oxygen atoms in total. The van der Waals surface area contributed by atoms with Gasteiger partial charge in [0.1, 0.15) is 12.4 Å². The number of carbonyl (C=O) groups is 3. The molecule has 1 saturated heterocycles. The molecule has 42 heavy (non-hydrogen) atoms. The van der Waals surface area contributed by atoms with Crippen LogP contribution in [0.4, 0.5) is 5.69 Å². The van der Waals surface area contributed by atoms with E-state index in [1.54, 1.807) is 26.0 Å². The van der Waals surface area contributed by atoms with Crippen molar-refractivity contribution in [1.29, 1.82) is 0 Å². The minimum atomic E-state index is -0.605. The lowest BCUT2D eigenvalue weighted by Crippen LogP contribution is -2.41. The number of morpholine rings is 1. The highest BCUT2D eigenvalue weighted by atomic mass is 35.5. The summed E-state index contributed by atoms with van der Waals surface area (Å²) in [5.41, 5.74) is 2.39. The molecule has 1 fully saturated rings. The average Bonchev–Trinajstić information content (AvgIpc) is 3.00. The SMILES string of the molecule is CCCCCCCCOc1cc(C(=O)OCC2=C(C)C(=O)C(C)=C(N3CCOCC3)C2=O)ccc1N(CCCl)CCCl. The van der Waals surface area contributed by atoms with Gasteiger partial charge in [-0.25, -0.2) is 4.79 Å². The molecule has 3 rings (SSSR count). The molecule has 0 atom stereocenters. The van der Waals surface area contributed by atoms with Gasteiger partial charge in [-0.2, -0.15) is 0 Å². The van der Waals surface area contributed by atoms with E-state index in [9.17, 15) is 14.4 Å². The Balaban J connectivity index is 1.74. The molecule has 1 aromatic carbocycles. The Morgan fingerprint density at radius 1 is 0.952 bits per heavy atom. The third-order valence-electron chi connectivity index (χ3n) is 7.65. The number of ether oxygens (including phenoxy) is 3. The third kappa shape index (κ3) is 8.98. The number of benzene rings is 1. The van der Waals surface area contributed by atoms with Crippen molar-refractivity contribution in [3.05, 3.63) is 46.2 Å². The van der Waals surface area contributed by atoms with Crippen molar-refractivity contribution in [3.8, 4) is 5.75 Å². The van der Waals surface area contributed by atoms with E-state index in [1.165, 1.54) is 25.7 Å². The van der Waals surface area contributed by atoms with Crippen molar-refractivity contribution in [3.63, 3.8) is 0 Å². The van der Waals surface area contributed by atoms with Crippen molar-refractivity contribution in [2.45, 2.75) is 59.3 Å². The van der Waals surface area contributed by atoms with E-state index in [0.717, 1.165) is 18.5 Å². The highest BCUT2D eigenvalue weighted by molar-refractivity contribution is 6.24. The maximum absolute atomic E-state index is 13.5. The molecule has 0 unspecified atom stereocenters. The molecule has 10 heteroatoms. The lowest BCUT2D eigenvalue weighted by molar-refractivity contribution is -0.118. The molecule has 0 N–H and O–H groups in total. The van der Waals surface area contributed by atoms with Crippen molar-refractivity contribution >= 4 is 46.4 Å². The Kier molecular flexibility index (Phi) is 14.2. The molecule has 0 radical (unpaired) electrons. The number of hydrogen-bond acceptors (Lipinski definition) is 8. The Labute approximate surface area is 259 Å². The lowest BCUT2D eigenvalue weighted by atomic mass is 9.88. The second kappa shape index (κ2) is 17.5. The van der Waals surface area contributed by atoms with E-state index in [4.69, 9.17) is 37.4 Å². The first kappa shape index (κ1) is 33.9. The molecule has 0 saturated carbocycles. The number of rotatable bonds is 17. The molecule has 0 aromatic heterocycles. The minimum absolute atomic E-state index is 0.201. The summed E-state index contributed by atoms with van der Waals surface area (Å²) in [4.78, 5) is 43.6. The number of allylic oxidation sites excluding steroid dienone is 3. The van der Waals surface area contributed by atoms with Gasteiger partial charge in [-0.3, -0.25) is 9.59 Å². The Bertz CT molecular complexity index is 1150. The molecule has 1 heterocycles. The molecule has 1 aliphatic heterocycles. The first-order valence-electron chi connectivity index (χ1n) is 15.0. The van der Waals surface area contributed by atoms with Crippen molar-refractivity contribution in [1.82, 2.24) is 4.90 Å². The maximum atomic E-state index is 13.5. The summed E-state index contributed by atoms with van der Waals surface area (Å²) in [5, 5.41) is 0. The van der Waals surface area contributed by atoms with Crippen LogP contribution >= 0.6 is 23.2 Å². The van der Waals surface area contributed by atoms with Crippen LogP contribution in [0.15, 0.2) is 40.6 Å². The summed E-state index contributed by atoms with van der Waals surface area (Å²) in [6, 6.07) is 5.15. The predicted octanol–water partition coefficient (Wildman–Crippen LogP) is 5.94. The first-order chi connectivity index (χ1) is 20.3. The van der Waals surface area contributed by atoms with Crippen LogP contribution < -0.4 is 9.64 Å². The fourth-order valence-corrected chi connectivity index (χ4v) is 5.62. The van der Waals surface area contributed by atoms with Crippen LogP contribution in [-0.2, 0) is 19.1 Å². The van der Waals surface area contributed by atoms with E-state index >= 15 is 0 Å². The van der Waals surface area contributed by atoms with Gasteiger partial charge in [0.15, 0.2) is 5.78 Å². The molecule has 0 spiro atoms. The van der Waals surface area contributed by atoms with Crippen LogP contribution in [0.5, 0.6) is 5.75 Å². The number of esters is 1. The second-order valence-electron chi connectivity index (χ2n) is 10.6. The zero-order chi connectivity index (χ0) is 30.5. The number of hydrogen-bond donors (Lipinski definition) is 0. The monoisotopic (exact) mass is 622 g/mol. The standard InChI is InChI=1S/C32H44Cl2N2O6/c1-4-5-6-7-8-9-18-41-28-21-25(10-11-27(28)35(14-12-33)15-13-34)32(39)42-22-26-23(2)30(37)24(3)29(31(26)38)36-16-19-40-20-17-36/h10-11,21H,4-9,12-20,22H2,1-3H3. The van der Waals surface area contributed by atoms with Gasteiger partial charge in [-0.1, -0.05) is 39.0 Å². The van der Waals surface area contributed by atoms with Crippen LogP contribution in [0.3, 0.4) is 0 Å². The van der Waals surface area contributed by atoms with Gasteiger partial charge in [0.2, 0.25) is 5.78 Å². The molecule has 2 aliphatic rings. The zero-order valence-electron chi connectivity index (χ0n) is 25.1. The summed E-state index contributed by atoms with van der Waals surface area (Å²) in [6.45, 7) is 8.87. The first-order valence-corrected chi connectivity index (χ1v) is 16.0. The fraction of sp³-hybridized carbons (Fsp3) is 0.594.